The topological polar surface area (TPSA) is 65.8 Å². The summed E-state index contributed by atoms with van der Waals surface area (Å²) in [7, 11) is 0. The third-order valence-corrected chi connectivity index (χ3v) is 2.44. The number of rotatable bonds is 1. The average molecular weight is 219 g/mol. The summed E-state index contributed by atoms with van der Waals surface area (Å²) in [5, 5.41) is 15.2. The molecule has 1 aliphatic heterocycles. The molecule has 0 radical (unpaired) electrons. The Morgan fingerprint density at radius 3 is 2.62 bits per heavy atom. The highest BCUT2D eigenvalue weighted by Crippen LogP contribution is 2.26. The quantitative estimate of drug-likeness (QED) is 0.766. The molecule has 1 amide bonds. The molecule has 2 heterocycles. The Morgan fingerprint density at radius 2 is 2.12 bits per heavy atom. The van der Waals surface area contributed by atoms with E-state index in [0.717, 1.165) is 10.7 Å². The fourth-order valence-corrected chi connectivity index (χ4v) is 1.75. The van der Waals surface area contributed by atoms with E-state index in [1.54, 1.807) is 26.0 Å². The Bertz CT molecular complexity index is 440. The lowest BCUT2D eigenvalue weighted by atomic mass is 10.1. The van der Waals surface area contributed by atoms with E-state index in [4.69, 9.17) is 0 Å². The summed E-state index contributed by atoms with van der Waals surface area (Å²) >= 11 is 0. The summed E-state index contributed by atoms with van der Waals surface area (Å²) in [6.45, 7) is 3.36. The van der Waals surface area contributed by atoms with Crippen molar-refractivity contribution in [1.82, 2.24) is 9.99 Å². The van der Waals surface area contributed by atoms with Gasteiger partial charge in [-0.2, -0.15) is 10.1 Å². The molecule has 1 atom stereocenters. The van der Waals surface area contributed by atoms with Crippen molar-refractivity contribution in [2.24, 2.45) is 5.10 Å². The zero-order chi connectivity index (χ0) is 11.8. The first-order valence-electron chi connectivity index (χ1n) is 5.02. The smallest absolute Gasteiger partial charge is 0.276 e. The zero-order valence-corrected chi connectivity index (χ0v) is 9.21. The van der Waals surface area contributed by atoms with Crippen LogP contribution < -0.4 is 0 Å². The van der Waals surface area contributed by atoms with E-state index in [2.05, 4.69) is 10.1 Å². The van der Waals surface area contributed by atoms with Crippen LogP contribution in [0.3, 0.4) is 0 Å². The van der Waals surface area contributed by atoms with Crippen molar-refractivity contribution < 1.29 is 9.90 Å². The maximum atomic E-state index is 12.0. The van der Waals surface area contributed by atoms with Crippen LogP contribution in [0.1, 0.15) is 30.6 Å². The molecule has 0 aliphatic carbocycles. The molecule has 2 rings (SSSR count). The number of amides is 1. The largest absolute Gasteiger partial charge is 0.369 e. The predicted octanol–water partition coefficient (Wildman–Crippen LogP) is 1.01. The average Bonchev–Trinajstić information content (AvgIpc) is 2.52. The molecule has 0 saturated carbocycles. The molecule has 1 aromatic heterocycles. The van der Waals surface area contributed by atoms with Crippen molar-refractivity contribution in [3.05, 3.63) is 30.1 Å². The Labute approximate surface area is 93.4 Å². The van der Waals surface area contributed by atoms with Crippen molar-refractivity contribution in [3.63, 3.8) is 0 Å². The van der Waals surface area contributed by atoms with E-state index < -0.39 is 5.72 Å². The predicted molar refractivity (Wildman–Crippen MR) is 58.8 cm³/mol. The molecule has 1 aromatic rings. The van der Waals surface area contributed by atoms with Gasteiger partial charge in [0.05, 0.1) is 0 Å². The number of hydrazone groups is 1. The lowest BCUT2D eigenvalue weighted by Crippen LogP contribution is -2.43. The van der Waals surface area contributed by atoms with Gasteiger partial charge in [0.25, 0.3) is 5.91 Å². The maximum Gasteiger partial charge on any atom is 0.276 e. The normalized spacial score (nSPS) is 24.4. The van der Waals surface area contributed by atoms with Gasteiger partial charge in [-0.05, 0) is 26.0 Å². The van der Waals surface area contributed by atoms with Crippen molar-refractivity contribution in [1.29, 1.82) is 0 Å². The summed E-state index contributed by atoms with van der Waals surface area (Å²) in [6.07, 6.45) is 3.45. The molecule has 1 aliphatic rings. The molecule has 0 unspecified atom stereocenters. The van der Waals surface area contributed by atoms with Crippen molar-refractivity contribution in [3.8, 4) is 0 Å². The van der Waals surface area contributed by atoms with Crippen molar-refractivity contribution >= 4 is 11.6 Å². The summed E-state index contributed by atoms with van der Waals surface area (Å²) < 4.78 is 0. The minimum absolute atomic E-state index is 0.316. The highest BCUT2D eigenvalue weighted by atomic mass is 16.3. The van der Waals surface area contributed by atoms with Gasteiger partial charge in [0.1, 0.15) is 0 Å². The number of nitrogens with zero attached hydrogens (tertiary/aromatic N) is 3. The summed E-state index contributed by atoms with van der Waals surface area (Å²) in [4.78, 5) is 15.9. The molecular formula is C11H13N3O2. The molecule has 0 bridgehead atoms. The first kappa shape index (κ1) is 10.8. The summed E-state index contributed by atoms with van der Waals surface area (Å²) in [6, 6.07) is 3.20. The van der Waals surface area contributed by atoms with E-state index in [1.165, 1.54) is 12.4 Å². The van der Waals surface area contributed by atoms with Gasteiger partial charge in [0, 0.05) is 30.1 Å². The molecule has 84 valence electrons. The maximum absolute atomic E-state index is 12.0. The Hall–Kier alpha value is -1.75. The second kappa shape index (κ2) is 3.68. The van der Waals surface area contributed by atoms with E-state index >= 15 is 0 Å². The fraction of sp³-hybridized carbons (Fsp3) is 0.364. The van der Waals surface area contributed by atoms with Crippen LogP contribution in [-0.4, -0.2) is 32.4 Å². The van der Waals surface area contributed by atoms with E-state index in [0.29, 0.717) is 12.0 Å². The Morgan fingerprint density at radius 1 is 1.50 bits per heavy atom. The highest BCUT2D eigenvalue weighted by Gasteiger charge is 2.39. The third kappa shape index (κ3) is 1.81. The van der Waals surface area contributed by atoms with Crippen LogP contribution in [-0.2, 0) is 0 Å². The molecule has 0 fully saturated rings. The van der Waals surface area contributed by atoms with E-state index in [1.807, 2.05) is 0 Å². The highest BCUT2D eigenvalue weighted by molar-refractivity contribution is 5.97. The van der Waals surface area contributed by atoms with Crippen molar-refractivity contribution in [2.45, 2.75) is 26.0 Å². The lowest BCUT2D eigenvalue weighted by molar-refractivity contribution is -0.0553. The zero-order valence-electron chi connectivity index (χ0n) is 9.21. The van der Waals surface area contributed by atoms with Crippen LogP contribution in [0.5, 0.6) is 0 Å². The Kier molecular flexibility index (Phi) is 2.47. The molecule has 0 aromatic carbocycles. The van der Waals surface area contributed by atoms with Crippen LogP contribution in [0, 0.1) is 0 Å². The Balaban J connectivity index is 2.30. The SMILES string of the molecule is CC1=NN(C(=O)c2ccncc2)[C@@](C)(O)C1. The van der Waals surface area contributed by atoms with Gasteiger partial charge in [0.15, 0.2) is 5.72 Å². The minimum Gasteiger partial charge on any atom is -0.369 e. The molecular weight excluding hydrogens is 206 g/mol. The van der Waals surface area contributed by atoms with Crippen LogP contribution in [0.4, 0.5) is 0 Å². The van der Waals surface area contributed by atoms with Gasteiger partial charge in [-0.3, -0.25) is 9.78 Å². The van der Waals surface area contributed by atoms with Crippen molar-refractivity contribution in [2.75, 3.05) is 0 Å². The van der Waals surface area contributed by atoms with Gasteiger partial charge in [0.2, 0.25) is 0 Å². The molecule has 0 spiro atoms. The first-order valence-corrected chi connectivity index (χ1v) is 5.02. The van der Waals surface area contributed by atoms with E-state index in [-0.39, 0.29) is 5.91 Å². The molecule has 5 heteroatoms. The number of pyridine rings is 1. The first-order chi connectivity index (χ1) is 7.50. The number of hydrogen-bond donors (Lipinski definition) is 1. The van der Waals surface area contributed by atoms with Gasteiger partial charge in [-0.25, -0.2) is 0 Å². The number of carbonyl (C=O) groups is 1. The van der Waals surface area contributed by atoms with Gasteiger partial charge in [-0.15, -0.1) is 0 Å². The summed E-state index contributed by atoms with van der Waals surface area (Å²) in [5.41, 5.74) is -0.0223. The number of carbonyl (C=O) groups excluding carboxylic acids is 1. The molecule has 0 saturated heterocycles. The lowest BCUT2D eigenvalue weighted by Gasteiger charge is -2.26. The second-order valence-electron chi connectivity index (χ2n) is 4.08. The standard InChI is InChI=1S/C11H13N3O2/c1-8-7-11(2,16)14(13-8)10(15)9-3-5-12-6-4-9/h3-6,16H,7H2,1-2H3/t11-/m0/s1. The molecule has 1 N–H and O–H groups in total. The van der Waals surface area contributed by atoms with Crippen LogP contribution in [0.2, 0.25) is 0 Å². The third-order valence-electron chi connectivity index (χ3n) is 2.44. The number of aromatic nitrogens is 1. The number of aliphatic hydroxyl groups is 1. The van der Waals surface area contributed by atoms with E-state index in [9.17, 15) is 9.90 Å². The van der Waals surface area contributed by atoms with Crippen LogP contribution in [0.15, 0.2) is 29.6 Å². The van der Waals surface area contributed by atoms with Gasteiger partial charge >= 0.3 is 0 Å². The second-order valence-corrected chi connectivity index (χ2v) is 4.08. The summed E-state index contributed by atoms with van der Waals surface area (Å²) in [5.74, 6) is -0.316. The van der Waals surface area contributed by atoms with Gasteiger partial charge < -0.3 is 5.11 Å². The van der Waals surface area contributed by atoms with Crippen LogP contribution >= 0.6 is 0 Å². The fourth-order valence-electron chi connectivity index (χ4n) is 1.75. The minimum atomic E-state index is -1.23. The van der Waals surface area contributed by atoms with Gasteiger partial charge in [-0.1, -0.05) is 0 Å². The molecule has 16 heavy (non-hydrogen) atoms. The number of hydrogen-bond acceptors (Lipinski definition) is 4. The monoisotopic (exact) mass is 219 g/mol. The van der Waals surface area contributed by atoms with Crippen LogP contribution in [0.25, 0.3) is 0 Å². The molecule has 5 nitrogen and oxygen atoms in total.